The minimum Gasteiger partial charge on any atom is -0.495 e. The topological polar surface area (TPSA) is 138 Å². The molecule has 0 aliphatic carbocycles. The van der Waals surface area contributed by atoms with Crippen LogP contribution in [0.2, 0.25) is 0 Å². The highest BCUT2D eigenvalue weighted by Crippen LogP contribution is 2.28. The van der Waals surface area contributed by atoms with Crippen molar-refractivity contribution in [3.63, 3.8) is 0 Å². The van der Waals surface area contributed by atoms with Gasteiger partial charge in [0.2, 0.25) is 0 Å². The number of rotatable bonds is 7. The molecular weight excluding hydrogens is 561 g/mol. The van der Waals surface area contributed by atoms with Gasteiger partial charge in [-0.15, -0.1) is 0 Å². The van der Waals surface area contributed by atoms with E-state index in [1.165, 1.54) is 37.4 Å². The van der Waals surface area contributed by atoms with Crippen LogP contribution in [0, 0.1) is 29.1 Å². The van der Waals surface area contributed by atoms with Crippen molar-refractivity contribution in [1.82, 2.24) is 20.2 Å². The Kier molecular flexibility index (Phi) is 8.75. The number of benzene rings is 2. The second-order valence-corrected chi connectivity index (χ2v) is 11.5. The highest BCUT2D eigenvalue weighted by atomic mass is 32.2. The minimum atomic E-state index is -4.51. The van der Waals surface area contributed by atoms with Crippen LogP contribution >= 0.6 is 0 Å². The fourth-order valence-electron chi connectivity index (χ4n) is 4.47. The van der Waals surface area contributed by atoms with E-state index in [0.717, 1.165) is 17.2 Å². The lowest BCUT2D eigenvalue weighted by Crippen LogP contribution is -2.49. The summed E-state index contributed by atoms with van der Waals surface area (Å²) in [6.45, 7) is -0.192. The molecule has 2 unspecified atom stereocenters. The zero-order valence-electron chi connectivity index (χ0n) is 22.2. The van der Waals surface area contributed by atoms with Crippen LogP contribution in [0.15, 0.2) is 41.6 Å². The number of amides is 1. The molecule has 1 saturated heterocycles. The van der Waals surface area contributed by atoms with Crippen LogP contribution in [0.25, 0.3) is 11.0 Å². The van der Waals surface area contributed by atoms with Crippen LogP contribution in [0.4, 0.5) is 18.9 Å². The van der Waals surface area contributed by atoms with Crippen molar-refractivity contribution in [1.29, 1.82) is 5.26 Å². The number of carbonyl (C=O) groups is 1. The molecule has 0 bridgehead atoms. The van der Waals surface area contributed by atoms with E-state index in [1.807, 2.05) is 0 Å². The Morgan fingerprint density at radius 1 is 1.29 bits per heavy atom. The maximum absolute atomic E-state index is 13.3. The van der Waals surface area contributed by atoms with E-state index in [0.29, 0.717) is 30.9 Å². The summed E-state index contributed by atoms with van der Waals surface area (Å²) in [5.41, 5.74) is 1.01. The largest absolute Gasteiger partial charge is 0.495 e. The van der Waals surface area contributed by atoms with E-state index in [-0.39, 0.29) is 33.6 Å². The van der Waals surface area contributed by atoms with Gasteiger partial charge in [-0.05, 0) is 37.2 Å². The summed E-state index contributed by atoms with van der Waals surface area (Å²) in [5.74, 6) is 5.01. The third-order valence-corrected chi connectivity index (χ3v) is 7.60. The molecule has 2 atom stereocenters. The molecule has 1 aliphatic rings. The third kappa shape index (κ3) is 7.28. The van der Waals surface area contributed by atoms with Crippen molar-refractivity contribution in [3.05, 3.63) is 47.8 Å². The fourth-order valence-corrected chi connectivity index (χ4v) is 5.11. The lowest BCUT2D eigenvalue weighted by atomic mass is 9.94. The number of halogens is 3. The molecule has 0 spiro atoms. The van der Waals surface area contributed by atoms with Crippen molar-refractivity contribution < 1.29 is 31.1 Å². The van der Waals surface area contributed by atoms with E-state index in [2.05, 4.69) is 38.8 Å². The number of hydrogen-bond acceptors (Lipinski definition) is 8. The second-order valence-electron chi connectivity index (χ2n) is 9.48. The highest BCUT2D eigenvalue weighted by Gasteiger charge is 2.30. The molecule has 1 aliphatic heterocycles. The van der Waals surface area contributed by atoms with Crippen molar-refractivity contribution in [3.8, 4) is 23.7 Å². The first kappa shape index (κ1) is 29.7. The smallest absolute Gasteiger partial charge is 0.406 e. The summed E-state index contributed by atoms with van der Waals surface area (Å²) < 4.78 is 69.4. The number of imidazole rings is 1. The number of methoxy groups -OCH3 is 1. The van der Waals surface area contributed by atoms with Gasteiger partial charge in [0, 0.05) is 30.5 Å². The van der Waals surface area contributed by atoms with Gasteiger partial charge in [0.25, 0.3) is 5.91 Å². The lowest BCUT2D eigenvalue weighted by Gasteiger charge is -2.28. The van der Waals surface area contributed by atoms with Gasteiger partial charge in [0.15, 0.2) is 9.84 Å². The second kappa shape index (κ2) is 12.1. The maximum Gasteiger partial charge on any atom is 0.406 e. The van der Waals surface area contributed by atoms with E-state index >= 15 is 0 Å². The first-order valence-corrected chi connectivity index (χ1v) is 14.4. The molecule has 216 valence electrons. The molecule has 3 aromatic rings. The average Bonchev–Trinajstić information content (AvgIpc) is 3.31. The van der Waals surface area contributed by atoms with Crippen LogP contribution in [0.3, 0.4) is 0 Å². The van der Waals surface area contributed by atoms with Crippen LogP contribution < -0.4 is 20.7 Å². The molecule has 4 rings (SSSR count). The van der Waals surface area contributed by atoms with Crippen LogP contribution in [-0.2, 0) is 16.4 Å². The number of nitrogens with one attached hydrogen (secondary N) is 3. The Hall–Kier alpha value is -4.27. The molecular formula is C27H27F3N6O4S. The molecule has 14 heteroatoms. The normalized spacial score (nSPS) is 17.3. The van der Waals surface area contributed by atoms with Crippen LogP contribution in [0.5, 0.6) is 5.75 Å². The fraction of sp³-hybridized carbons (Fsp3) is 0.370. The number of aromatic nitrogens is 2. The summed E-state index contributed by atoms with van der Waals surface area (Å²) in [6, 6.07) is 8.97. The minimum absolute atomic E-state index is 0.0499. The first-order valence-electron chi connectivity index (χ1n) is 12.5. The lowest BCUT2D eigenvalue weighted by molar-refractivity contribution is -0.139. The Labute approximate surface area is 234 Å². The van der Waals surface area contributed by atoms with Crippen molar-refractivity contribution in [2.75, 3.05) is 38.3 Å². The predicted octanol–water partition coefficient (Wildman–Crippen LogP) is 2.71. The van der Waals surface area contributed by atoms with Gasteiger partial charge >= 0.3 is 6.18 Å². The Morgan fingerprint density at radius 3 is 2.76 bits per heavy atom. The number of anilines is 1. The van der Waals surface area contributed by atoms with Crippen molar-refractivity contribution in [2.45, 2.75) is 30.1 Å². The first-order chi connectivity index (χ1) is 19.4. The van der Waals surface area contributed by atoms with E-state index < -0.39 is 40.4 Å². The predicted molar refractivity (Wildman–Crippen MR) is 145 cm³/mol. The summed E-state index contributed by atoms with van der Waals surface area (Å²) in [6.07, 6.45) is -1.87. The number of hydrogen-bond donors (Lipinski definition) is 3. The maximum atomic E-state index is 13.3. The number of piperidine rings is 1. The van der Waals surface area contributed by atoms with Crippen molar-refractivity contribution in [2.24, 2.45) is 5.92 Å². The van der Waals surface area contributed by atoms with Crippen molar-refractivity contribution >= 4 is 32.5 Å². The molecule has 2 heterocycles. The molecule has 1 fully saturated rings. The standard InChI is InChI=1S/C27H27F3N6O4S/c1-40-24-12-19(41(2,38)39)5-6-22(24)33-8-3-4-17-10-20(26(37)35-21-7-9-32-14-18(21)13-31)25-23(11-17)36(16-34-25)15-27(28,29)30/h5-6,10-12,16,18,21,32-33H,7-9,14-15H2,1-2H3,(H,35,37). The molecule has 3 N–H and O–H groups in total. The summed E-state index contributed by atoms with van der Waals surface area (Å²) >= 11 is 0. The van der Waals surface area contributed by atoms with Gasteiger partial charge in [-0.2, -0.15) is 18.4 Å². The summed E-state index contributed by atoms with van der Waals surface area (Å²) in [4.78, 5) is 17.5. The molecule has 0 saturated carbocycles. The number of nitriles is 1. The van der Waals surface area contributed by atoms with Gasteiger partial charge in [-0.1, -0.05) is 11.8 Å². The highest BCUT2D eigenvalue weighted by molar-refractivity contribution is 7.90. The van der Waals surface area contributed by atoms with Crippen LogP contribution in [-0.4, -0.2) is 69.1 Å². The average molecular weight is 589 g/mol. The number of carbonyl (C=O) groups excluding carboxylic acids is 1. The molecule has 10 nitrogen and oxygen atoms in total. The molecule has 2 aromatic carbocycles. The van der Waals surface area contributed by atoms with Gasteiger partial charge in [-0.3, -0.25) is 4.79 Å². The monoisotopic (exact) mass is 588 g/mol. The Bertz CT molecular complexity index is 1670. The third-order valence-electron chi connectivity index (χ3n) is 6.49. The SMILES string of the molecule is COc1cc(S(C)(=O)=O)ccc1NCC#Cc1cc(C(=O)NC2CCNCC2C#N)c2ncn(CC(F)(F)F)c2c1. The molecule has 0 radical (unpaired) electrons. The Balaban J connectivity index is 1.62. The van der Waals surface area contributed by atoms with Crippen LogP contribution in [0.1, 0.15) is 22.3 Å². The zero-order chi connectivity index (χ0) is 29.8. The van der Waals surface area contributed by atoms with E-state index in [1.54, 1.807) is 0 Å². The number of nitrogens with zero attached hydrogens (tertiary/aromatic N) is 3. The number of fused-ring (bicyclic) bond motifs is 1. The number of ether oxygens (including phenoxy) is 1. The number of alkyl halides is 3. The number of sulfone groups is 1. The van der Waals surface area contributed by atoms with Gasteiger partial charge in [0.1, 0.15) is 17.8 Å². The molecule has 1 aromatic heterocycles. The van der Waals surface area contributed by atoms with E-state index in [9.17, 15) is 31.6 Å². The molecule has 41 heavy (non-hydrogen) atoms. The summed E-state index contributed by atoms with van der Waals surface area (Å²) in [7, 11) is -2.04. The Morgan fingerprint density at radius 2 is 2.07 bits per heavy atom. The van der Waals surface area contributed by atoms with Gasteiger partial charge < -0.3 is 25.3 Å². The zero-order valence-corrected chi connectivity index (χ0v) is 23.0. The van der Waals surface area contributed by atoms with Gasteiger partial charge in [0.05, 0.1) is 53.6 Å². The quantitative estimate of drug-likeness (QED) is 0.359. The molecule has 1 amide bonds. The van der Waals surface area contributed by atoms with Gasteiger partial charge in [-0.25, -0.2) is 13.4 Å². The van der Waals surface area contributed by atoms with E-state index in [4.69, 9.17) is 4.74 Å². The summed E-state index contributed by atoms with van der Waals surface area (Å²) in [5, 5.41) is 18.4.